The van der Waals surface area contributed by atoms with E-state index in [2.05, 4.69) is 0 Å². The molecule has 1 saturated carbocycles. The van der Waals surface area contributed by atoms with Gasteiger partial charge < -0.3 is 10.5 Å². The van der Waals surface area contributed by atoms with Crippen molar-refractivity contribution in [3.05, 3.63) is 32.3 Å². The predicted molar refractivity (Wildman–Crippen MR) is 64.7 cm³/mol. The van der Waals surface area contributed by atoms with Crippen LogP contribution in [0.3, 0.4) is 0 Å². The number of nitrogens with zero attached hydrogens (tertiary/aromatic N) is 1. The highest BCUT2D eigenvalue weighted by atomic mass is 35.5. The van der Waals surface area contributed by atoms with E-state index in [1.54, 1.807) is 0 Å². The molecule has 1 aromatic rings. The summed E-state index contributed by atoms with van der Waals surface area (Å²) in [6.45, 7) is 0. The van der Waals surface area contributed by atoms with Gasteiger partial charge in [-0.1, -0.05) is 23.2 Å². The van der Waals surface area contributed by atoms with Gasteiger partial charge >= 0.3 is 5.69 Å². The number of hydrogen-bond acceptors (Lipinski definition) is 4. The standard InChI is InChI=1S/C10H10Cl2N2O3/c11-7-3-9(14(15)16)10(4-8(7)12)17-6-1-5(13)2-6/h3-6H,1-2,13H2. The lowest BCUT2D eigenvalue weighted by atomic mass is 9.90. The van der Waals surface area contributed by atoms with E-state index in [0.717, 1.165) is 0 Å². The molecule has 0 saturated heterocycles. The fraction of sp³-hybridized carbons (Fsp3) is 0.400. The minimum atomic E-state index is -0.545. The summed E-state index contributed by atoms with van der Waals surface area (Å²) in [5.41, 5.74) is 5.43. The summed E-state index contributed by atoms with van der Waals surface area (Å²) in [5, 5.41) is 11.2. The Bertz CT molecular complexity index is 461. The number of halogens is 2. The highest BCUT2D eigenvalue weighted by molar-refractivity contribution is 6.42. The second kappa shape index (κ2) is 4.68. The third kappa shape index (κ3) is 2.62. The molecule has 2 rings (SSSR count). The zero-order chi connectivity index (χ0) is 12.6. The average molecular weight is 277 g/mol. The van der Waals surface area contributed by atoms with Crippen molar-refractivity contribution < 1.29 is 9.66 Å². The minimum absolute atomic E-state index is 0.0825. The zero-order valence-corrected chi connectivity index (χ0v) is 10.2. The Kier molecular flexibility index (Phi) is 3.42. The molecule has 1 fully saturated rings. The van der Waals surface area contributed by atoms with Crippen molar-refractivity contribution in [3.63, 3.8) is 0 Å². The van der Waals surface area contributed by atoms with E-state index in [0.29, 0.717) is 12.8 Å². The van der Waals surface area contributed by atoms with Gasteiger partial charge in [0.1, 0.15) is 6.10 Å². The Morgan fingerprint density at radius 2 is 1.94 bits per heavy atom. The molecule has 0 heterocycles. The van der Waals surface area contributed by atoms with Crippen molar-refractivity contribution in [3.8, 4) is 5.75 Å². The number of nitro groups is 1. The summed E-state index contributed by atoms with van der Waals surface area (Å²) in [4.78, 5) is 10.3. The van der Waals surface area contributed by atoms with Crippen LogP contribution < -0.4 is 10.5 Å². The second-order valence-corrected chi connectivity index (χ2v) is 4.78. The van der Waals surface area contributed by atoms with Gasteiger partial charge in [-0.05, 0) is 12.8 Å². The zero-order valence-electron chi connectivity index (χ0n) is 8.73. The summed E-state index contributed by atoms with van der Waals surface area (Å²) in [6.07, 6.45) is 1.30. The monoisotopic (exact) mass is 276 g/mol. The minimum Gasteiger partial charge on any atom is -0.483 e. The van der Waals surface area contributed by atoms with Gasteiger partial charge in [0.2, 0.25) is 0 Å². The van der Waals surface area contributed by atoms with E-state index < -0.39 is 4.92 Å². The first-order valence-corrected chi connectivity index (χ1v) is 5.78. The van der Waals surface area contributed by atoms with Crippen LogP contribution >= 0.6 is 23.2 Å². The smallest absolute Gasteiger partial charge is 0.312 e. The average Bonchev–Trinajstić information content (AvgIpc) is 2.20. The van der Waals surface area contributed by atoms with Crippen LogP contribution in [-0.4, -0.2) is 17.1 Å². The Hall–Kier alpha value is -1.04. The first-order chi connectivity index (χ1) is 7.97. The largest absolute Gasteiger partial charge is 0.483 e. The van der Waals surface area contributed by atoms with Gasteiger partial charge in [-0.15, -0.1) is 0 Å². The molecule has 0 amide bonds. The van der Waals surface area contributed by atoms with E-state index in [4.69, 9.17) is 33.7 Å². The number of nitro benzene ring substituents is 1. The fourth-order valence-electron chi connectivity index (χ4n) is 1.64. The summed E-state index contributed by atoms with van der Waals surface area (Å²) in [6, 6.07) is 2.67. The lowest BCUT2D eigenvalue weighted by molar-refractivity contribution is -0.386. The lowest BCUT2D eigenvalue weighted by Crippen LogP contribution is -2.43. The Labute approximate surface area is 108 Å². The van der Waals surface area contributed by atoms with Crippen molar-refractivity contribution >= 4 is 28.9 Å². The van der Waals surface area contributed by atoms with Gasteiger partial charge in [0.05, 0.1) is 15.0 Å². The summed E-state index contributed by atoms with van der Waals surface area (Å²) >= 11 is 11.5. The SMILES string of the molecule is NC1CC(Oc2cc(Cl)c(Cl)cc2[N+](=O)[O-])C1. The fourth-order valence-corrected chi connectivity index (χ4v) is 1.95. The van der Waals surface area contributed by atoms with Gasteiger partial charge in [-0.3, -0.25) is 10.1 Å². The van der Waals surface area contributed by atoms with Gasteiger partial charge in [-0.25, -0.2) is 0 Å². The highest BCUT2D eigenvalue weighted by Gasteiger charge is 2.30. The van der Waals surface area contributed by atoms with Crippen LogP contribution in [0.4, 0.5) is 5.69 Å². The van der Waals surface area contributed by atoms with Gasteiger partial charge in [0.25, 0.3) is 0 Å². The quantitative estimate of drug-likeness (QED) is 0.680. The van der Waals surface area contributed by atoms with Crippen LogP contribution in [0.5, 0.6) is 5.75 Å². The topological polar surface area (TPSA) is 78.4 Å². The maximum atomic E-state index is 10.8. The highest BCUT2D eigenvalue weighted by Crippen LogP contribution is 2.37. The van der Waals surface area contributed by atoms with Crippen LogP contribution in [0.2, 0.25) is 10.0 Å². The molecule has 0 aliphatic heterocycles. The maximum absolute atomic E-state index is 10.8. The molecular formula is C10H10Cl2N2O3. The van der Waals surface area contributed by atoms with E-state index in [9.17, 15) is 10.1 Å². The van der Waals surface area contributed by atoms with Crippen molar-refractivity contribution in [2.75, 3.05) is 0 Å². The Balaban J connectivity index is 2.25. The van der Waals surface area contributed by atoms with Gasteiger partial charge in [0.15, 0.2) is 5.75 Å². The van der Waals surface area contributed by atoms with Crippen molar-refractivity contribution in [1.82, 2.24) is 0 Å². The van der Waals surface area contributed by atoms with Gasteiger partial charge in [-0.2, -0.15) is 0 Å². The predicted octanol–water partition coefficient (Wildman–Crippen LogP) is 2.77. The molecule has 1 aromatic carbocycles. The lowest BCUT2D eigenvalue weighted by Gasteiger charge is -2.32. The number of hydrogen-bond donors (Lipinski definition) is 1. The van der Waals surface area contributed by atoms with Crippen molar-refractivity contribution in [2.24, 2.45) is 5.73 Å². The molecule has 17 heavy (non-hydrogen) atoms. The number of ether oxygens (including phenoxy) is 1. The molecule has 0 aromatic heterocycles. The number of nitrogens with two attached hydrogens (primary N) is 1. The molecule has 92 valence electrons. The van der Waals surface area contributed by atoms with Crippen molar-refractivity contribution in [2.45, 2.75) is 25.0 Å². The van der Waals surface area contributed by atoms with E-state index in [1.807, 2.05) is 0 Å². The molecule has 0 unspecified atom stereocenters. The van der Waals surface area contributed by atoms with E-state index >= 15 is 0 Å². The Morgan fingerprint density at radius 1 is 1.35 bits per heavy atom. The summed E-state index contributed by atoms with van der Waals surface area (Å²) < 4.78 is 5.48. The molecule has 0 bridgehead atoms. The molecule has 5 nitrogen and oxygen atoms in total. The van der Waals surface area contributed by atoms with Gasteiger partial charge in [0, 0.05) is 18.2 Å². The van der Waals surface area contributed by atoms with Crippen LogP contribution in [0.1, 0.15) is 12.8 Å². The maximum Gasteiger partial charge on any atom is 0.312 e. The van der Waals surface area contributed by atoms with Crippen LogP contribution in [0, 0.1) is 10.1 Å². The first-order valence-electron chi connectivity index (χ1n) is 5.03. The van der Waals surface area contributed by atoms with Crippen LogP contribution in [-0.2, 0) is 0 Å². The molecule has 0 radical (unpaired) electrons. The van der Waals surface area contributed by atoms with Crippen LogP contribution in [0.25, 0.3) is 0 Å². The number of benzene rings is 1. The molecule has 0 atom stereocenters. The van der Waals surface area contributed by atoms with Crippen molar-refractivity contribution in [1.29, 1.82) is 0 Å². The molecule has 7 heteroatoms. The van der Waals surface area contributed by atoms with E-state index in [1.165, 1.54) is 12.1 Å². The third-order valence-corrected chi connectivity index (χ3v) is 3.35. The molecule has 0 spiro atoms. The third-order valence-electron chi connectivity index (χ3n) is 2.62. The molecule has 1 aliphatic carbocycles. The molecular weight excluding hydrogens is 267 g/mol. The first kappa shape index (κ1) is 12.4. The normalized spacial score (nSPS) is 23.0. The summed E-state index contributed by atoms with van der Waals surface area (Å²) in [5.74, 6) is 0.140. The van der Waals surface area contributed by atoms with E-state index in [-0.39, 0.29) is 33.6 Å². The number of rotatable bonds is 3. The molecule has 1 aliphatic rings. The van der Waals surface area contributed by atoms with Crippen LogP contribution in [0.15, 0.2) is 12.1 Å². The molecule has 2 N–H and O–H groups in total. The second-order valence-electron chi connectivity index (χ2n) is 3.96. The summed E-state index contributed by atoms with van der Waals surface area (Å²) in [7, 11) is 0. The Morgan fingerprint density at radius 3 is 2.47 bits per heavy atom.